The second kappa shape index (κ2) is 7.35. The molecule has 1 N–H and O–H groups in total. The maximum absolute atomic E-state index is 8.92. The topological polar surface area (TPSA) is 39.1 Å². The van der Waals surface area contributed by atoms with Gasteiger partial charge in [-0.1, -0.05) is 24.4 Å². The van der Waals surface area contributed by atoms with Crippen LogP contribution in [0.15, 0.2) is 18.2 Å². The lowest BCUT2D eigenvalue weighted by molar-refractivity contribution is 0.189. The van der Waals surface area contributed by atoms with Crippen LogP contribution in [0.4, 0.5) is 5.69 Å². The van der Waals surface area contributed by atoms with Crippen LogP contribution in [0.3, 0.4) is 0 Å². The monoisotopic (exact) mass is 317 g/mol. The number of likely N-dealkylation sites (tertiary alicyclic amines) is 1. The third-order valence-corrected chi connectivity index (χ3v) is 5.35. The van der Waals surface area contributed by atoms with E-state index in [-0.39, 0.29) is 0 Å². The summed E-state index contributed by atoms with van der Waals surface area (Å²) in [5, 5.41) is 13.0. The number of nitriles is 1. The number of anilines is 1. The first-order valence-corrected chi connectivity index (χ1v) is 8.81. The van der Waals surface area contributed by atoms with E-state index in [9.17, 15) is 0 Å². The number of piperidine rings is 1. The van der Waals surface area contributed by atoms with Gasteiger partial charge in [0, 0.05) is 31.4 Å². The quantitative estimate of drug-likeness (QED) is 0.901. The lowest BCUT2D eigenvalue weighted by Crippen LogP contribution is -2.41. The van der Waals surface area contributed by atoms with Gasteiger partial charge in [0.2, 0.25) is 0 Å². The second-order valence-corrected chi connectivity index (χ2v) is 7.08. The molecule has 0 radical (unpaired) electrons. The molecule has 1 saturated heterocycles. The SMILES string of the molecule is N#Cc1ccc(NC2CCN(CC3CCCC3)CC2)cc1Cl. The summed E-state index contributed by atoms with van der Waals surface area (Å²) in [7, 11) is 0. The average molecular weight is 318 g/mol. The minimum atomic E-state index is 0.517. The Morgan fingerprint density at radius 2 is 1.91 bits per heavy atom. The molecule has 0 amide bonds. The number of rotatable bonds is 4. The highest BCUT2D eigenvalue weighted by Crippen LogP contribution is 2.27. The summed E-state index contributed by atoms with van der Waals surface area (Å²) in [6.07, 6.45) is 8.10. The summed E-state index contributed by atoms with van der Waals surface area (Å²) in [5.74, 6) is 0.946. The van der Waals surface area contributed by atoms with Gasteiger partial charge in [0.15, 0.2) is 0 Å². The zero-order chi connectivity index (χ0) is 15.4. The number of nitrogens with one attached hydrogen (secondary N) is 1. The van der Waals surface area contributed by atoms with Crippen molar-refractivity contribution in [1.82, 2.24) is 4.90 Å². The zero-order valence-electron chi connectivity index (χ0n) is 13.0. The van der Waals surface area contributed by atoms with Crippen LogP contribution in [0.5, 0.6) is 0 Å². The van der Waals surface area contributed by atoms with Gasteiger partial charge in [-0.3, -0.25) is 0 Å². The summed E-state index contributed by atoms with van der Waals surface area (Å²) < 4.78 is 0. The molecule has 4 heteroatoms. The lowest BCUT2D eigenvalue weighted by Gasteiger charge is -2.34. The van der Waals surface area contributed by atoms with Gasteiger partial charge in [0.25, 0.3) is 0 Å². The predicted octanol–water partition coefficient (Wildman–Crippen LogP) is 4.28. The van der Waals surface area contributed by atoms with E-state index in [2.05, 4.69) is 16.3 Å². The highest BCUT2D eigenvalue weighted by atomic mass is 35.5. The summed E-state index contributed by atoms with van der Waals surface area (Å²) in [5.41, 5.74) is 1.57. The van der Waals surface area contributed by atoms with Gasteiger partial charge in [-0.15, -0.1) is 0 Å². The molecule has 1 saturated carbocycles. The number of benzene rings is 1. The molecule has 3 rings (SSSR count). The van der Waals surface area contributed by atoms with E-state index in [1.54, 1.807) is 6.07 Å². The molecule has 1 aliphatic heterocycles. The van der Waals surface area contributed by atoms with Crippen LogP contribution in [0.25, 0.3) is 0 Å². The molecule has 2 fully saturated rings. The lowest BCUT2D eigenvalue weighted by atomic mass is 10.0. The molecule has 1 aliphatic carbocycles. The van der Waals surface area contributed by atoms with Crippen molar-refractivity contribution in [3.05, 3.63) is 28.8 Å². The Morgan fingerprint density at radius 1 is 1.18 bits per heavy atom. The molecule has 3 nitrogen and oxygen atoms in total. The molecular formula is C18H24ClN3. The van der Waals surface area contributed by atoms with Crippen LogP contribution in [0.2, 0.25) is 5.02 Å². The van der Waals surface area contributed by atoms with E-state index in [0.717, 1.165) is 11.6 Å². The molecule has 22 heavy (non-hydrogen) atoms. The van der Waals surface area contributed by atoms with E-state index in [1.807, 2.05) is 12.1 Å². The average Bonchev–Trinajstić information content (AvgIpc) is 3.02. The maximum atomic E-state index is 8.92. The third kappa shape index (κ3) is 3.94. The Morgan fingerprint density at radius 3 is 2.55 bits per heavy atom. The Hall–Kier alpha value is -1.24. The fourth-order valence-corrected chi connectivity index (χ4v) is 3.97. The van der Waals surface area contributed by atoms with Crippen LogP contribution in [0, 0.1) is 17.2 Å². The van der Waals surface area contributed by atoms with Crippen molar-refractivity contribution in [1.29, 1.82) is 5.26 Å². The summed E-state index contributed by atoms with van der Waals surface area (Å²) in [6, 6.07) is 8.23. The number of hydrogen-bond acceptors (Lipinski definition) is 3. The van der Waals surface area contributed by atoms with Gasteiger partial charge in [0.05, 0.1) is 10.6 Å². The minimum Gasteiger partial charge on any atom is -0.382 e. The second-order valence-electron chi connectivity index (χ2n) is 6.68. The minimum absolute atomic E-state index is 0.517. The largest absolute Gasteiger partial charge is 0.382 e. The van der Waals surface area contributed by atoms with Crippen molar-refractivity contribution in [2.75, 3.05) is 25.0 Å². The van der Waals surface area contributed by atoms with Gasteiger partial charge in [-0.2, -0.15) is 5.26 Å². The van der Waals surface area contributed by atoms with Gasteiger partial charge >= 0.3 is 0 Å². The summed E-state index contributed by atoms with van der Waals surface area (Å²) >= 11 is 6.09. The van der Waals surface area contributed by atoms with E-state index in [4.69, 9.17) is 16.9 Å². The van der Waals surface area contributed by atoms with Gasteiger partial charge < -0.3 is 10.2 Å². The number of hydrogen-bond donors (Lipinski definition) is 1. The van der Waals surface area contributed by atoms with E-state index >= 15 is 0 Å². The molecule has 1 aromatic carbocycles. The van der Waals surface area contributed by atoms with Crippen molar-refractivity contribution in [3.8, 4) is 6.07 Å². The highest BCUT2D eigenvalue weighted by Gasteiger charge is 2.23. The van der Waals surface area contributed by atoms with Crippen LogP contribution in [-0.2, 0) is 0 Å². The molecule has 0 unspecified atom stereocenters. The van der Waals surface area contributed by atoms with E-state index in [0.29, 0.717) is 16.6 Å². The first-order valence-electron chi connectivity index (χ1n) is 8.43. The van der Waals surface area contributed by atoms with Crippen LogP contribution in [0.1, 0.15) is 44.1 Å². The van der Waals surface area contributed by atoms with E-state index in [1.165, 1.54) is 58.2 Å². The normalized spacial score (nSPS) is 20.9. The number of nitrogens with zero attached hydrogens (tertiary/aromatic N) is 2. The van der Waals surface area contributed by atoms with Crippen molar-refractivity contribution in [3.63, 3.8) is 0 Å². The van der Waals surface area contributed by atoms with Crippen LogP contribution >= 0.6 is 11.6 Å². The fourth-order valence-electron chi connectivity index (χ4n) is 3.75. The first kappa shape index (κ1) is 15.6. The molecule has 1 heterocycles. The van der Waals surface area contributed by atoms with Crippen molar-refractivity contribution >= 4 is 17.3 Å². The molecule has 1 aromatic rings. The van der Waals surface area contributed by atoms with Gasteiger partial charge in [0.1, 0.15) is 6.07 Å². The van der Waals surface area contributed by atoms with Crippen molar-refractivity contribution in [2.45, 2.75) is 44.6 Å². The van der Waals surface area contributed by atoms with Crippen LogP contribution in [-0.4, -0.2) is 30.6 Å². The Bertz CT molecular complexity index is 538. The molecule has 2 aliphatic rings. The summed E-state index contributed by atoms with van der Waals surface area (Å²) in [6.45, 7) is 3.69. The fraction of sp³-hybridized carbons (Fsp3) is 0.611. The summed E-state index contributed by atoms with van der Waals surface area (Å²) in [4.78, 5) is 2.64. The van der Waals surface area contributed by atoms with Crippen LogP contribution < -0.4 is 5.32 Å². The molecule has 118 valence electrons. The van der Waals surface area contributed by atoms with Crippen molar-refractivity contribution in [2.24, 2.45) is 5.92 Å². The molecule has 0 spiro atoms. The van der Waals surface area contributed by atoms with E-state index < -0.39 is 0 Å². The molecule has 0 bridgehead atoms. The van der Waals surface area contributed by atoms with Crippen molar-refractivity contribution < 1.29 is 0 Å². The zero-order valence-corrected chi connectivity index (χ0v) is 13.8. The van der Waals surface area contributed by atoms with Gasteiger partial charge in [-0.05, 0) is 49.8 Å². The highest BCUT2D eigenvalue weighted by molar-refractivity contribution is 6.32. The predicted molar refractivity (Wildman–Crippen MR) is 91.2 cm³/mol. The standard InChI is InChI=1S/C18H24ClN3/c19-18-11-17(6-5-15(18)12-20)21-16-7-9-22(10-8-16)13-14-3-1-2-4-14/h5-6,11,14,16,21H,1-4,7-10,13H2. The number of halogens is 1. The smallest absolute Gasteiger partial charge is 0.101 e. The van der Waals surface area contributed by atoms with Gasteiger partial charge in [-0.25, -0.2) is 0 Å². The molecule has 0 aromatic heterocycles. The Labute approximate surface area is 138 Å². The Balaban J connectivity index is 1.47. The third-order valence-electron chi connectivity index (χ3n) is 5.04. The molecular weight excluding hydrogens is 294 g/mol. The Kier molecular flexibility index (Phi) is 5.23. The first-order chi connectivity index (χ1) is 10.7. The maximum Gasteiger partial charge on any atom is 0.101 e. The molecule has 0 atom stereocenters.